The van der Waals surface area contributed by atoms with Crippen LogP contribution in [0.4, 0.5) is 0 Å². The topological polar surface area (TPSA) is 60.2 Å². The molecule has 3 nitrogen and oxygen atoms in total. The number of primary sulfonamides is 1. The summed E-state index contributed by atoms with van der Waals surface area (Å²) in [6.45, 7) is 2.16. The van der Waals surface area contributed by atoms with Crippen LogP contribution < -0.4 is 5.14 Å². The Kier molecular flexibility index (Phi) is 4.57. The predicted molar refractivity (Wildman–Crippen MR) is 110 cm³/mol. The monoisotopic (exact) mass is 379 g/mol. The highest BCUT2D eigenvalue weighted by Crippen LogP contribution is 2.51. The largest absolute Gasteiger partial charge is 0.238 e. The van der Waals surface area contributed by atoms with Gasteiger partial charge in [-0.2, -0.15) is 0 Å². The molecule has 0 atom stereocenters. The van der Waals surface area contributed by atoms with E-state index in [1.54, 1.807) is 12.1 Å². The van der Waals surface area contributed by atoms with E-state index < -0.39 is 10.0 Å². The first-order valence-electron chi connectivity index (χ1n) is 9.59. The summed E-state index contributed by atoms with van der Waals surface area (Å²) in [7, 11) is -3.67. The average Bonchev–Trinajstić information content (AvgIpc) is 3.28. The van der Waals surface area contributed by atoms with Crippen LogP contribution in [0.5, 0.6) is 0 Å². The molecule has 2 aliphatic rings. The van der Waals surface area contributed by atoms with Gasteiger partial charge in [0.1, 0.15) is 0 Å². The van der Waals surface area contributed by atoms with E-state index in [0.717, 1.165) is 12.0 Å². The van der Waals surface area contributed by atoms with Gasteiger partial charge in [0, 0.05) is 5.41 Å². The van der Waals surface area contributed by atoms with Crippen molar-refractivity contribution in [1.82, 2.24) is 0 Å². The molecule has 0 amide bonds. The minimum Gasteiger partial charge on any atom is -0.225 e. The normalized spacial score (nSPS) is 18.6. The first-order valence-corrected chi connectivity index (χ1v) is 11.1. The number of hydrogen-bond acceptors (Lipinski definition) is 2. The van der Waals surface area contributed by atoms with E-state index in [4.69, 9.17) is 5.14 Å². The molecule has 2 aliphatic carbocycles. The van der Waals surface area contributed by atoms with Gasteiger partial charge in [-0.15, -0.1) is 0 Å². The number of nitrogens with two attached hydrogens (primary N) is 1. The predicted octanol–water partition coefficient (Wildman–Crippen LogP) is 4.94. The van der Waals surface area contributed by atoms with Crippen LogP contribution in [-0.2, 0) is 16.4 Å². The average molecular weight is 380 g/mol. The molecule has 0 unspecified atom stereocenters. The first-order chi connectivity index (χ1) is 12.9. The molecule has 0 aliphatic heterocycles. The van der Waals surface area contributed by atoms with Crippen molar-refractivity contribution < 1.29 is 8.42 Å². The fourth-order valence-electron chi connectivity index (χ4n) is 4.32. The van der Waals surface area contributed by atoms with Gasteiger partial charge < -0.3 is 0 Å². The van der Waals surface area contributed by atoms with Gasteiger partial charge in [-0.3, -0.25) is 0 Å². The lowest BCUT2D eigenvalue weighted by Crippen LogP contribution is -2.11. The van der Waals surface area contributed by atoms with E-state index in [1.807, 2.05) is 12.1 Å². The Morgan fingerprint density at radius 3 is 1.78 bits per heavy atom. The zero-order chi connectivity index (χ0) is 19.1. The summed E-state index contributed by atoms with van der Waals surface area (Å²) in [5, 5.41) is 5.25. The third-order valence-corrected chi connectivity index (χ3v) is 6.78. The van der Waals surface area contributed by atoms with Crippen molar-refractivity contribution in [1.29, 1.82) is 0 Å². The molecule has 1 saturated carbocycles. The molecule has 0 bridgehead atoms. The quantitative estimate of drug-likeness (QED) is 0.818. The molecule has 1 fully saturated rings. The van der Waals surface area contributed by atoms with Crippen LogP contribution in [-0.4, -0.2) is 8.42 Å². The zero-order valence-corrected chi connectivity index (χ0v) is 16.4. The standard InChI is InChI=1S/C23H25NO2S/c1-2-17-5-7-18(8-6-17)21-15-23(13-3-4-14-23)16-22(21)19-9-11-20(12-10-19)27(24,25)26/h5-12,15-16H,2-4,13-14H2,1H3,(H2,24,25,26). The van der Waals surface area contributed by atoms with Crippen molar-refractivity contribution in [2.45, 2.75) is 43.9 Å². The molecule has 1 spiro atoms. The van der Waals surface area contributed by atoms with E-state index in [0.29, 0.717) is 0 Å². The molecule has 0 radical (unpaired) electrons. The zero-order valence-electron chi connectivity index (χ0n) is 15.6. The van der Waals surface area contributed by atoms with Crippen molar-refractivity contribution >= 4 is 21.2 Å². The Hall–Kier alpha value is -2.17. The molecule has 0 heterocycles. The molecule has 0 aromatic heterocycles. The van der Waals surface area contributed by atoms with Crippen molar-refractivity contribution in [3.05, 3.63) is 77.4 Å². The van der Waals surface area contributed by atoms with E-state index in [-0.39, 0.29) is 10.3 Å². The Balaban J connectivity index is 1.77. The van der Waals surface area contributed by atoms with Crippen LogP contribution in [0.3, 0.4) is 0 Å². The van der Waals surface area contributed by atoms with Crippen molar-refractivity contribution in [2.24, 2.45) is 10.6 Å². The van der Waals surface area contributed by atoms with Crippen LogP contribution in [0, 0.1) is 5.41 Å². The maximum Gasteiger partial charge on any atom is 0.238 e. The summed E-state index contributed by atoms with van der Waals surface area (Å²) in [6, 6.07) is 15.7. The summed E-state index contributed by atoms with van der Waals surface area (Å²) in [5.74, 6) is 0. The number of hydrogen-bond donors (Lipinski definition) is 1. The SMILES string of the molecule is CCc1ccc(C2=CC3(C=C2c2ccc(S(N)(=O)=O)cc2)CCCC3)cc1. The van der Waals surface area contributed by atoms with Gasteiger partial charge >= 0.3 is 0 Å². The molecule has 0 saturated heterocycles. The lowest BCUT2D eigenvalue weighted by Gasteiger charge is -2.16. The highest BCUT2D eigenvalue weighted by Gasteiger charge is 2.35. The van der Waals surface area contributed by atoms with Crippen LogP contribution in [0.2, 0.25) is 0 Å². The lowest BCUT2D eigenvalue weighted by atomic mass is 9.88. The van der Waals surface area contributed by atoms with Gasteiger partial charge in [-0.25, -0.2) is 13.6 Å². The number of allylic oxidation sites excluding steroid dienone is 4. The van der Waals surface area contributed by atoms with Gasteiger partial charge in [-0.1, -0.05) is 68.3 Å². The summed E-state index contributed by atoms with van der Waals surface area (Å²) in [5.41, 5.74) is 6.18. The molecular weight excluding hydrogens is 354 g/mol. The van der Waals surface area contributed by atoms with E-state index in [2.05, 4.69) is 43.3 Å². The van der Waals surface area contributed by atoms with Gasteiger partial charge in [0.05, 0.1) is 4.90 Å². The molecule has 2 N–H and O–H groups in total. The van der Waals surface area contributed by atoms with Crippen LogP contribution in [0.25, 0.3) is 11.1 Å². The second kappa shape index (κ2) is 6.77. The van der Waals surface area contributed by atoms with Crippen LogP contribution in [0.15, 0.2) is 65.6 Å². The second-order valence-electron chi connectivity index (χ2n) is 7.68. The molecule has 2 aromatic carbocycles. The molecular formula is C23H25NO2S. The van der Waals surface area contributed by atoms with Crippen molar-refractivity contribution in [3.8, 4) is 0 Å². The minimum atomic E-state index is -3.67. The molecule has 140 valence electrons. The Morgan fingerprint density at radius 2 is 1.33 bits per heavy atom. The highest BCUT2D eigenvalue weighted by atomic mass is 32.2. The summed E-state index contributed by atoms with van der Waals surface area (Å²) in [6.07, 6.45) is 10.7. The molecule has 4 rings (SSSR count). The highest BCUT2D eigenvalue weighted by molar-refractivity contribution is 7.89. The van der Waals surface area contributed by atoms with Crippen LogP contribution in [0.1, 0.15) is 49.3 Å². The Morgan fingerprint density at radius 1 is 0.852 bits per heavy atom. The van der Waals surface area contributed by atoms with E-state index in [1.165, 1.54) is 48.0 Å². The van der Waals surface area contributed by atoms with Gasteiger partial charge in [0.25, 0.3) is 0 Å². The maximum atomic E-state index is 11.6. The summed E-state index contributed by atoms with van der Waals surface area (Å²) in [4.78, 5) is 0.151. The lowest BCUT2D eigenvalue weighted by molar-refractivity contribution is 0.523. The van der Waals surface area contributed by atoms with E-state index >= 15 is 0 Å². The first kappa shape index (κ1) is 18.2. The fraction of sp³-hybridized carbons (Fsp3) is 0.304. The van der Waals surface area contributed by atoms with Crippen molar-refractivity contribution in [2.75, 3.05) is 0 Å². The summed E-state index contributed by atoms with van der Waals surface area (Å²) >= 11 is 0. The molecule has 27 heavy (non-hydrogen) atoms. The number of benzene rings is 2. The molecule has 2 aromatic rings. The van der Waals surface area contributed by atoms with Crippen LogP contribution >= 0.6 is 0 Å². The Bertz CT molecular complexity index is 1010. The third-order valence-electron chi connectivity index (χ3n) is 5.86. The second-order valence-corrected chi connectivity index (χ2v) is 9.24. The van der Waals surface area contributed by atoms with Gasteiger partial charge in [0.15, 0.2) is 0 Å². The minimum absolute atomic E-state index is 0.146. The third kappa shape index (κ3) is 3.52. The van der Waals surface area contributed by atoms with E-state index in [9.17, 15) is 8.42 Å². The molecule has 4 heteroatoms. The number of sulfonamides is 1. The van der Waals surface area contributed by atoms with Gasteiger partial charge in [-0.05, 0) is 59.2 Å². The number of aryl methyl sites for hydroxylation is 1. The smallest absolute Gasteiger partial charge is 0.225 e. The van der Waals surface area contributed by atoms with Crippen molar-refractivity contribution in [3.63, 3.8) is 0 Å². The Labute approximate surface area is 161 Å². The maximum absolute atomic E-state index is 11.6. The number of rotatable bonds is 4. The summed E-state index contributed by atoms with van der Waals surface area (Å²) < 4.78 is 23.1. The fourth-order valence-corrected chi connectivity index (χ4v) is 4.83. The van der Waals surface area contributed by atoms with Gasteiger partial charge in [0.2, 0.25) is 10.0 Å².